The number of hydrogen-bond donors (Lipinski definition) is 1. The van der Waals surface area contributed by atoms with Gasteiger partial charge in [0.15, 0.2) is 0 Å². The monoisotopic (exact) mass is 265 g/mol. The number of para-hydroxylation sites is 1. The summed E-state index contributed by atoms with van der Waals surface area (Å²) < 4.78 is 5.31. The van der Waals surface area contributed by atoms with E-state index in [0.717, 1.165) is 11.3 Å². The molecule has 0 heterocycles. The van der Waals surface area contributed by atoms with Crippen LogP contribution in [0.25, 0.3) is 0 Å². The molecule has 0 radical (unpaired) electrons. The van der Waals surface area contributed by atoms with Gasteiger partial charge in [0, 0.05) is 18.7 Å². The zero-order chi connectivity index (χ0) is 14.5. The molecule has 4 heteroatoms. The van der Waals surface area contributed by atoms with Crippen molar-refractivity contribution in [3.05, 3.63) is 29.8 Å². The van der Waals surface area contributed by atoms with Crippen molar-refractivity contribution >= 4 is 5.97 Å². The first-order valence-corrected chi connectivity index (χ1v) is 6.46. The molecular weight excluding hydrogens is 242 g/mol. The molecule has 1 aromatic rings. The van der Waals surface area contributed by atoms with Crippen LogP contribution in [0.15, 0.2) is 24.3 Å². The molecule has 0 saturated heterocycles. The fourth-order valence-corrected chi connectivity index (χ4v) is 2.11. The minimum absolute atomic E-state index is 0.511. The van der Waals surface area contributed by atoms with E-state index in [1.54, 1.807) is 14.0 Å². The van der Waals surface area contributed by atoms with E-state index in [9.17, 15) is 9.90 Å². The summed E-state index contributed by atoms with van der Waals surface area (Å²) in [5.41, 5.74) is 0.355. The number of benzene rings is 1. The van der Waals surface area contributed by atoms with Gasteiger partial charge < -0.3 is 14.7 Å². The second-order valence-electron chi connectivity index (χ2n) is 5.20. The Morgan fingerprint density at radius 1 is 1.42 bits per heavy atom. The zero-order valence-corrected chi connectivity index (χ0v) is 12.1. The SMILES string of the molecule is CCC(C)(CN(C)Cc1ccccc1OC)C(=O)O. The summed E-state index contributed by atoms with van der Waals surface area (Å²) >= 11 is 0. The number of nitrogens with zero attached hydrogens (tertiary/aromatic N) is 1. The van der Waals surface area contributed by atoms with E-state index in [-0.39, 0.29) is 0 Å². The summed E-state index contributed by atoms with van der Waals surface area (Å²) in [5.74, 6) is 0.0877. The van der Waals surface area contributed by atoms with E-state index in [1.807, 2.05) is 43.1 Å². The molecule has 1 atom stereocenters. The van der Waals surface area contributed by atoms with Crippen LogP contribution in [0.4, 0.5) is 0 Å². The molecule has 1 unspecified atom stereocenters. The van der Waals surface area contributed by atoms with Crippen LogP contribution >= 0.6 is 0 Å². The highest BCUT2D eigenvalue weighted by Gasteiger charge is 2.32. The maximum absolute atomic E-state index is 11.3. The Bertz CT molecular complexity index is 433. The van der Waals surface area contributed by atoms with Gasteiger partial charge in [-0.3, -0.25) is 4.79 Å². The quantitative estimate of drug-likeness (QED) is 0.823. The van der Waals surface area contributed by atoms with Gasteiger partial charge in [0.2, 0.25) is 0 Å². The first-order valence-electron chi connectivity index (χ1n) is 6.46. The van der Waals surface area contributed by atoms with Crippen LogP contribution in [0.1, 0.15) is 25.8 Å². The number of carboxylic acid groups (broad SMARTS) is 1. The van der Waals surface area contributed by atoms with Gasteiger partial charge in [-0.25, -0.2) is 0 Å². The first kappa shape index (κ1) is 15.5. The van der Waals surface area contributed by atoms with E-state index in [4.69, 9.17) is 4.74 Å². The van der Waals surface area contributed by atoms with Gasteiger partial charge in [-0.05, 0) is 26.5 Å². The van der Waals surface area contributed by atoms with Gasteiger partial charge in [-0.2, -0.15) is 0 Å². The number of carbonyl (C=O) groups is 1. The molecule has 0 fully saturated rings. The third-order valence-corrected chi connectivity index (χ3v) is 3.55. The maximum atomic E-state index is 11.3. The molecule has 0 aliphatic rings. The predicted octanol–water partition coefficient (Wildman–Crippen LogP) is 2.63. The number of methoxy groups -OCH3 is 1. The van der Waals surface area contributed by atoms with E-state index < -0.39 is 11.4 Å². The number of aliphatic carboxylic acids is 1. The standard InChI is InChI=1S/C15H23NO3/c1-5-15(2,14(17)18)11-16(3)10-12-8-6-7-9-13(12)19-4/h6-9H,5,10-11H2,1-4H3,(H,17,18). The number of carboxylic acids is 1. The topological polar surface area (TPSA) is 49.8 Å². The van der Waals surface area contributed by atoms with Crippen molar-refractivity contribution in [1.82, 2.24) is 4.90 Å². The number of hydrogen-bond acceptors (Lipinski definition) is 3. The minimum atomic E-state index is -0.748. The molecule has 0 aromatic heterocycles. The van der Waals surface area contributed by atoms with Gasteiger partial charge in [0.1, 0.15) is 5.75 Å². The summed E-state index contributed by atoms with van der Waals surface area (Å²) in [6.45, 7) is 4.88. The minimum Gasteiger partial charge on any atom is -0.496 e. The lowest BCUT2D eigenvalue weighted by Gasteiger charge is -2.29. The van der Waals surface area contributed by atoms with Crippen molar-refractivity contribution in [2.75, 3.05) is 20.7 Å². The Kier molecular flexibility index (Phi) is 5.36. The smallest absolute Gasteiger partial charge is 0.310 e. The molecule has 19 heavy (non-hydrogen) atoms. The number of ether oxygens (including phenoxy) is 1. The van der Waals surface area contributed by atoms with E-state index in [2.05, 4.69) is 0 Å². The fourth-order valence-electron chi connectivity index (χ4n) is 2.11. The second-order valence-corrected chi connectivity index (χ2v) is 5.20. The van der Waals surface area contributed by atoms with E-state index >= 15 is 0 Å². The molecule has 1 aromatic carbocycles. The Labute approximate surface area is 115 Å². The first-order chi connectivity index (χ1) is 8.92. The molecule has 1 rings (SSSR count). The second kappa shape index (κ2) is 6.57. The Balaban J connectivity index is 2.74. The fraction of sp³-hybridized carbons (Fsp3) is 0.533. The molecule has 0 saturated carbocycles. The predicted molar refractivity (Wildman–Crippen MR) is 75.4 cm³/mol. The highest BCUT2D eigenvalue weighted by molar-refractivity contribution is 5.74. The normalized spacial score (nSPS) is 14.2. The van der Waals surface area contributed by atoms with Gasteiger partial charge >= 0.3 is 5.97 Å². The Morgan fingerprint density at radius 3 is 2.58 bits per heavy atom. The van der Waals surface area contributed by atoms with Gasteiger partial charge in [0.05, 0.1) is 12.5 Å². The summed E-state index contributed by atoms with van der Waals surface area (Å²) in [4.78, 5) is 13.3. The summed E-state index contributed by atoms with van der Waals surface area (Å²) in [6, 6.07) is 7.80. The number of rotatable bonds is 7. The van der Waals surface area contributed by atoms with Gasteiger partial charge in [-0.15, -0.1) is 0 Å². The van der Waals surface area contributed by atoms with Crippen LogP contribution in [0.2, 0.25) is 0 Å². The highest BCUT2D eigenvalue weighted by Crippen LogP contribution is 2.25. The largest absolute Gasteiger partial charge is 0.496 e. The van der Waals surface area contributed by atoms with Crippen molar-refractivity contribution in [2.24, 2.45) is 5.41 Å². The Hall–Kier alpha value is -1.55. The van der Waals surface area contributed by atoms with Crippen LogP contribution in [0.3, 0.4) is 0 Å². The van der Waals surface area contributed by atoms with Crippen LogP contribution in [-0.4, -0.2) is 36.7 Å². The molecule has 0 bridgehead atoms. The average Bonchev–Trinajstić information content (AvgIpc) is 2.38. The third-order valence-electron chi connectivity index (χ3n) is 3.55. The van der Waals surface area contributed by atoms with Crippen LogP contribution in [0, 0.1) is 5.41 Å². The lowest BCUT2D eigenvalue weighted by atomic mass is 9.87. The molecule has 1 N–H and O–H groups in total. The van der Waals surface area contributed by atoms with Crippen molar-refractivity contribution in [1.29, 1.82) is 0 Å². The van der Waals surface area contributed by atoms with Crippen LogP contribution in [-0.2, 0) is 11.3 Å². The summed E-state index contributed by atoms with van der Waals surface area (Å²) in [7, 11) is 3.58. The lowest BCUT2D eigenvalue weighted by Crippen LogP contribution is -2.38. The zero-order valence-electron chi connectivity index (χ0n) is 12.1. The molecule has 0 aliphatic heterocycles. The Morgan fingerprint density at radius 2 is 2.05 bits per heavy atom. The maximum Gasteiger partial charge on any atom is 0.310 e. The third kappa shape index (κ3) is 3.96. The molecule has 4 nitrogen and oxygen atoms in total. The van der Waals surface area contributed by atoms with Crippen molar-refractivity contribution in [3.8, 4) is 5.75 Å². The molecule has 0 aliphatic carbocycles. The van der Waals surface area contributed by atoms with Crippen LogP contribution in [0.5, 0.6) is 5.75 Å². The molecule has 0 spiro atoms. The highest BCUT2D eigenvalue weighted by atomic mass is 16.5. The lowest BCUT2D eigenvalue weighted by molar-refractivity contribution is -0.149. The van der Waals surface area contributed by atoms with Crippen LogP contribution < -0.4 is 4.74 Å². The van der Waals surface area contributed by atoms with Gasteiger partial charge in [0.25, 0.3) is 0 Å². The molecule has 106 valence electrons. The molecular formula is C15H23NO3. The van der Waals surface area contributed by atoms with Crippen molar-refractivity contribution in [2.45, 2.75) is 26.8 Å². The summed E-state index contributed by atoms with van der Waals surface area (Å²) in [5, 5.41) is 9.30. The van der Waals surface area contributed by atoms with Crippen molar-refractivity contribution in [3.63, 3.8) is 0 Å². The van der Waals surface area contributed by atoms with E-state index in [1.165, 1.54) is 0 Å². The average molecular weight is 265 g/mol. The van der Waals surface area contributed by atoms with E-state index in [0.29, 0.717) is 19.5 Å². The summed E-state index contributed by atoms with van der Waals surface area (Å²) in [6.07, 6.45) is 0.610. The van der Waals surface area contributed by atoms with Crippen molar-refractivity contribution < 1.29 is 14.6 Å². The molecule has 0 amide bonds. The van der Waals surface area contributed by atoms with Gasteiger partial charge in [-0.1, -0.05) is 25.1 Å².